The van der Waals surface area contributed by atoms with Gasteiger partial charge in [0.25, 0.3) is 0 Å². The van der Waals surface area contributed by atoms with E-state index in [1.807, 2.05) is 6.07 Å². The lowest BCUT2D eigenvalue weighted by Crippen LogP contribution is -2.44. The van der Waals surface area contributed by atoms with E-state index in [1.165, 1.54) is 5.69 Å². The van der Waals surface area contributed by atoms with Crippen molar-refractivity contribution in [2.45, 2.75) is 20.0 Å². The Kier molecular flexibility index (Phi) is 3.76. The molecule has 3 rings (SSSR count). The molecule has 0 bridgehead atoms. The first-order valence-electron chi connectivity index (χ1n) is 7.36. The molecule has 2 aromatic rings. The highest BCUT2D eigenvalue weighted by Crippen LogP contribution is 2.24. The SMILES string of the molecule is CCn1c(CN2CCN(C)CC2)cc2cccc(F)c21. The zero-order valence-corrected chi connectivity index (χ0v) is 12.3. The van der Waals surface area contributed by atoms with E-state index < -0.39 is 0 Å². The Morgan fingerprint density at radius 2 is 1.90 bits per heavy atom. The standard InChI is InChI=1S/C16H22FN3/c1-3-20-14(12-19-9-7-18(2)8-10-19)11-13-5-4-6-15(17)16(13)20/h4-6,11H,3,7-10,12H2,1-2H3. The topological polar surface area (TPSA) is 11.4 Å². The predicted octanol–water partition coefficient (Wildman–Crippen LogP) is 2.55. The van der Waals surface area contributed by atoms with Gasteiger partial charge >= 0.3 is 0 Å². The molecule has 0 atom stereocenters. The van der Waals surface area contributed by atoms with Crippen LogP contribution in [0.3, 0.4) is 0 Å². The summed E-state index contributed by atoms with van der Waals surface area (Å²) < 4.78 is 16.1. The maximum absolute atomic E-state index is 14.0. The van der Waals surface area contributed by atoms with Gasteiger partial charge in [0.15, 0.2) is 0 Å². The number of aromatic nitrogens is 1. The van der Waals surface area contributed by atoms with Crippen molar-refractivity contribution in [2.75, 3.05) is 33.2 Å². The molecular weight excluding hydrogens is 253 g/mol. The summed E-state index contributed by atoms with van der Waals surface area (Å²) in [5.41, 5.74) is 1.97. The van der Waals surface area contributed by atoms with Crippen molar-refractivity contribution >= 4 is 10.9 Å². The van der Waals surface area contributed by atoms with E-state index in [1.54, 1.807) is 12.1 Å². The lowest BCUT2D eigenvalue weighted by Gasteiger charge is -2.32. The summed E-state index contributed by atoms with van der Waals surface area (Å²) in [7, 11) is 2.16. The van der Waals surface area contributed by atoms with E-state index in [0.29, 0.717) is 0 Å². The van der Waals surface area contributed by atoms with E-state index in [4.69, 9.17) is 0 Å². The molecular formula is C16H22FN3. The highest BCUT2D eigenvalue weighted by Gasteiger charge is 2.17. The average molecular weight is 275 g/mol. The van der Waals surface area contributed by atoms with E-state index in [2.05, 4.69) is 34.4 Å². The van der Waals surface area contributed by atoms with Crippen LogP contribution in [0.4, 0.5) is 4.39 Å². The number of aryl methyl sites for hydroxylation is 1. The number of hydrogen-bond donors (Lipinski definition) is 0. The molecule has 0 unspecified atom stereocenters. The molecule has 1 aromatic heterocycles. The monoisotopic (exact) mass is 275 g/mol. The van der Waals surface area contributed by atoms with Gasteiger partial charge < -0.3 is 9.47 Å². The number of benzene rings is 1. The van der Waals surface area contributed by atoms with Crippen LogP contribution in [-0.4, -0.2) is 47.6 Å². The fourth-order valence-corrected chi connectivity index (χ4v) is 3.06. The fourth-order valence-electron chi connectivity index (χ4n) is 3.06. The Hall–Kier alpha value is -1.39. The van der Waals surface area contributed by atoms with Crippen LogP contribution in [0.15, 0.2) is 24.3 Å². The summed E-state index contributed by atoms with van der Waals surface area (Å²) >= 11 is 0. The molecule has 4 heteroatoms. The van der Waals surface area contributed by atoms with Gasteiger partial charge in [-0.05, 0) is 26.1 Å². The molecule has 1 aliphatic rings. The number of hydrogen-bond acceptors (Lipinski definition) is 2. The van der Waals surface area contributed by atoms with E-state index in [0.717, 1.165) is 50.2 Å². The number of likely N-dealkylation sites (N-methyl/N-ethyl adjacent to an activating group) is 1. The first-order valence-corrected chi connectivity index (χ1v) is 7.36. The van der Waals surface area contributed by atoms with Crippen molar-refractivity contribution < 1.29 is 4.39 Å². The number of rotatable bonds is 3. The molecule has 1 saturated heterocycles. The zero-order valence-electron chi connectivity index (χ0n) is 12.3. The largest absolute Gasteiger partial charge is 0.341 e. The summed E-state index contributed by atoms with van der Waals surface area (Å²) in [6.45, 7) is 8.21. The number of piperazine rings is 1. The molecule has 108 valence electrons. The Bertz CT molecular complexity index is 597. The molecule has 0 aliphatic carbocycles. The maximum atomic E-state index is 14.0. The van der Waals surface area contributed by atoms with Crippen LogP contribution in [-0.2, 0) is 13.1 Å². The van der Waals surface area contributed by atoms with Gasteiger partial charge in [-0.2, -0.15) is 0 Å². The molecule has 1 fully saturated rings. The van der Waals surface area contributed by atoms with Crippen molar-refractivity contribution in [1.82, 2.24) is 14.4 Å². The maximum Gasteiger partial charge on any atom is 0.147 e. The van der Waals surface area contributed by atoms with Gasteiger partial charge in [0.2, 0.25) is 0 Å². The predicted molar refractivity (Wildman–Crippen MR) is 80.3 cm³/mol. The third-order valence-electron chi connectivity index (χ3n) is 4.25. The summed E-state index contributed by atoms with van der Waals surface area (Å²) in [5, 5.41) is 1.01. The van der Waals surface area contributed by atoms with E-state index in [-0.39, 0.29) is 5.82 Å². The molecule has 20 heavy (non-hydrogen) atoms. The minimum atomic E-state index is -0.117. The second-order valence-electron chi connectivity index (χ2n) is 5.64. The lowest BCUT2D eigenvalue weighted by atomic mass is 10.2. The number of nitrogens with zero attached hydrogens (tertiary/aromatic N) is 3. The fraction of sp³-hybridized carbons (Fsp3) is 0.500. The summed E-state index contributed by atoms with van der Waals surface area (Å²) in [6, 6.07) is 7.48. The van der Waals surface area contributed by atoms with Crippen LogP contribution in [0, 0.1) is 5.82 Å². The van der Waals surface area contributed by atoms with E-state index in [9.17, 15) is 4.39 Å². The Morgan fingerprint density at radius 3 is 2.60 bits per heavy atom. The van der Waals surface area contributed by atoms with Gasteiger partial charge in [-0.15, -0.1) is 0 Å². The Labute approximate surface area is 119 Å². The lowest BCUT2D eigenvalue weighted by molar-refractivity contribution is 0.146. The van der Waals surface area contributed by atoms with Gasteiger partial charge in [0.05, 0.1) is 5.52 Å². The van der Waals surface area contributed by atoms with Gasteiger partial charge in [-0.25, -0.2) is 4.39 Å². The third-order valence-corrected chi connectivity index (χ3v) is 4.25. The molecule has 1 aliphatic heterocycles. The van der Waals surface area contributed by atoms with Gasteiger partial charge in [-0.1, -0.05) is 12.1 Å². The van der Waals surface area contributed by atoms with Gasteiger partial charge in [-0.3, -0.25) is 4.90 Å². The number of fused-ring (bicyclic) bond motifs is 1. The molecule has 0 saturated carbocycles. The molecule has 0 N–H and O–H groups in total. The molecule has 0 amide bonds. The quantitative estimate of drug-likeness (QED) is 0.853. The van der Waals surface area contributed by atoms with Gasteiger partial charge in [0.1, 0.15) is 5.82 Å². The summed E-state index contributed by atoms with van der Waals surface area (Å²) in [5.74, 6) is -0.117. The summed E-state index contributed by atoms with van der Waals surface area (Å²) in [4.78, 5) is 4.81. The molecule has 0 radical (unpaired) electrons. The van der Waals surface area contributed by atoms with Crippen molar-refractivity contribution in [3.05, 3.63) is 35.8 Å². The van der Waals surface area contributed by atoms with Crippen LogP contribution in [0.5, 0.6) is 0 Å². The van der Waals surface area contributed by atoms with Gasteiger partial charge in [0, 0.05) is 50.3 Å². The van der Waals surface area contributed by atoms with Crippen molar-refractivity contribution in [3.8, 4) is 0 Å². The van der Waals surface area contributed by atoms with Crippen LogP contribution in [0.25, 0.3) is 10.9 Å². The molecule has 0 spiro atoms. The summed E-state index contributed by atoms with van der Waals surface area (Å²) in [6.07, 6.45) is 0. The van der Waals surface area contributed by atoms with Crippen molar-refractivity contribution in [2.24, 2.45) is 0 Å². The first kappa shape index (κ1) is 13.6. The number of para-hydroxylation sites is 1. The van der Waals surface area contributed by atoms with Crippen LogP contribution in [0.1, 0.15) is 12.6 Å². The molecule has 1 aromatic carbocycles. The normalized spacial score (nSPS) is 17.9. The van der Waals surface area contributed by atoms with Crippen molar-refractivity contribution in [3.63, 3.8) is 0 Å². The van der Waals surface area contributed by atoms with Crippen LogP contribution < -0.4 is 0 Å². The van der Waals surface area contributed by atoms with Crippen LogP contribution in [0.2, 0.25) is 0 Å². The minimum absolute atomic E-state index is 0.117. The second kappa shape index (κ2) is 5.54. The molecule has 3 nitrogen and oxygen atoms in total. The minimum Gasteiger partial charge on any atom is -0.341 e. The molecule has 2 heterocycles. The highest BCUT2D eigenvalue weighted by molar-refractivity contribution is 5.81. The third kappa shape index (κ3) is 2.45. The smallest absolute Gasteiger partial charge is 0.147 e. The zero-order chi connectivity index (χ0) is 14.1. The van der Waals surface area contributed by atoms with Crippen molar-refractivity contribution in [1.29, 1.82) is 0 Å². The first-order chi connectivity index (χ1) is 9.69. The second-order valence-corrected chi connectivity index (χ2v) is 5.64. The Balaban J connectivity index is 1.89. The number of halogens is 1. The van der Waals surface area contributed by atoms with E-state index >= 15 is 0 Å². The van der Waals surface area contributed by atoms with Crippen LogP contribution >= 0.6 is 0 Å². The highest BCUT2D eigenvalue weighted by atomic mass is 19.1. The Morgan fingerprint density at radius 1 is 1.15 bits per heavy atom. The average Bonchev–Trinajstić information content (AvgIpc) is 2.80.